The summed E-state index contributed by atoms with van der Waals surface area (Å²) in [4.78, 5) is 23.3. The second-order valence-electron chi connectivity index (χ2n) is 6.42. The van der Waals surface area contributed by atoms with E-state index in [0.29, 0.717) is 37.1 Å². The Hall–Kier alpha value is -3.02. The highest BCUT2D eigenvalue weighted by Crippen LogP contribution is 2.26. The number of carbonyl (C=O) groups is 1. The molecule has 0 bridgehead atoms. The molecule has 0 atom stereocenters. The van der Waals surface area contributed by atoms with Gasteiger partial charge in [0.1, 0.15) is 12.1 Å². The second kappa shape index (κ2) is 6.71. The van der Waals surface area contributed by atoms with Crippen LogP contribution in [0.15, 0.2) is 47.5 Å². The maximum absolute atomic E-state index is 13.8. The quantitative estimate of drug-likeness (QED) is 0.710. The maximum Gasteiger partial charge on any atom is 0.253 e. The number of carbonyl (C=O) groups excluding carboxylic acids is 1. The SMILES string of the molecule is Cc1ccc(C(=O)N2CCc3ncnc(-c4ccoc4)c3CC2)cc1F. The number of hydrogen-bond donors (Lipinski definition) is 0. The Bertz CT molecular complexity index is 954. The molecule has 3 aromatic rings. The minimum Gasteiger partial charge on any atom is -0.472 e. The number of aromatic nitrogens is 2. The number of aryl methyl sites for hydroxylation is 1. The van der Waals surface area contributed by atoms with E-state index in [1.807, 2.05) is 6.07 Å². The van der Waals surface area contributed by atoms with E-state index in [2.05, 4.69) is 9.97 Å². The highest BCUT2D eigenvalue weighted by molar-refractivity contribution is 5.94. The first kappa shape index (κ1) is 16.4. The molecular formula is C20H18FN3O2. The van der Waals surface area contributed by atoms with E-state index in [9.17, 15) is 9.18 Å². The molecule has 0 saturated carbocycles. The van der Waals surface area contributed by atoms with E-state index in [4.69, 9.17) is 4.42 Å². The molecule has 0 aliphatic carbocycles. The molecule has 3 heterocycles. The van der Waals surface area contributed by atoms with Crippen LogP contribution in [0.4, 0.5) is 4.39 Å². The van der Waals surface area contributed by atoms with Crippen molar-refractivity contribution < 1.29 is 13.6 Å². The van der Waals surface area contributed by atoms with Gasteiger partial charge in [-0.25, -0.2) is 14.4 Å². The number of furan rings is 1. The Morgan fingerprint density at radius 1 is 1.19 bits per heavy atom. The zero-order chi connectivity index (χ0) is 18.1. The summed E-state index contributed by atoms with van der Waals surface area (Å²) in [6, 6.07) is 6.49. The van der Waals surface area contributed by atoms with Crippen LogP contribution in [-0.4, -0.2) is 33.9 Å². The van der Waals surface area contributed by atoms with E-state index in [-0.39, 0.29) is 11.7 Å². The smallest absolute Gasteiger partial charge is 0.253 e. The van der Waals surface area contributed by atoms with Crippen molar-refractivity contribution in [2.75, 3.05) is 13.1 Å². The summed E-state index contributed by atoms with van der Waals surface area (Å²) in [6.07, 6.45) is 6.11. The van der Waals surface area contributed by atoms with Crippen LogP contribution in [-0.2, 0) is 12.8 Å². The number of nitrogens with zero attached hydrogens (tertiary/aromatic N) is 3. The normalized spacial score (nSPS) is 14.0. The molecule has 5 nitrogen and oxygen atoms in total. The number of amides is 1. The van der Waals surface area contributed by atoms with Crippen molar-refractivity contribution in [2.24, 2.45) is 0 Å². The molecule has 0 unspecified atom stereocenters. The molecule has 2 aromatic heterocycles. The lowest BCUT2D eigenvalue weighted by Crippen LogP contribution is -2.33. The van der Waals surface area contributed by atoms with E-state index in [1.54, 1.807) is 42.8 Å². The second-order valence-corrected chi connectivity index (χ2v) is 6.42. The van der Waals surface area contributed by atoms with Gasteiger partial charge in [-0.3, -0.25) is 4.79 Å². The predicted molar refractivity (Wildman–Crippen MR) is 94.2 cm³/mol. The largest absolute Gasteiger partial charge is 0.472 e. The fourth-order valence-corrected chi connectivity index (χ4v) is 3.29. The van der Waals surface area contributed by atoms with Gasteiger partial charge in [-0.15, -0.1) is 0 Å². The van der Waals surface area contributed by atoms with Gasteiger partial charge in [0.05, 0.1) is 18.2 Å². The molecule has 0 radical (unpaired) electrons. The Labute approximate surface area is 150 Å². The molecule has 1 amide bonds. The molecule has 4 rings (SSSR count). The van der Waals surface area contributed by atoms with E-state index >= 15 is 0 Å². The Morgan fingerprint density at radius 3 is 2.81 bits per heavy atom. The lowest BCUT2D eigenvalue weighted by atomic mass is 10.0. The molecule has 0 N–H and O–H groups in total. The van der Waals surface area contributed by atoms with Crippen LogP contribution >= 0.6 is 0 Å². The summed E-state index contributed by atoms with van der Waals surface area (Å²) in [5, 5.41) is 0. The summed E-state index contributed by atoms with van der Waals surface area (Å²) >= 11 is 0. The standard InChI is InChI=1S/C20H18FN3O2/c1-13-2-3-14(10-17(13)21)20(25)24-7-4-16-18(5-8-24)22-12-23-19(16)15-6-9-26-11-15/h2-3,6,9-12H,4-5,7-8H2,1H3. The lowest BCUT2D eigenvalue weighted by Gasteiger charge is -2.20. The van der Waals surface area contributed by atoms with Crippen LogP contribution in [0.2, 0.25) is 0 Å². The minimum atomic E-state index is -0.359. The van der Waals surface area contributed by atoms with Crippen molar-refractivity contribution in [3.8, 4) is 11.3 Å². The monoisotopic (exact) mass is 351 g/mol. The van der Waals surface area contributed by atoms with Gasteiger partial charge in [-0.1, -0.05) is 6.07 Å². The maximum atomic E-state index is 13.8. The van der Waals surface area contributed by atoms with Crippen LogP contribution < -0.4 is 0 Å². The van der Waals surface area contributed by atoms with Gasteiger partial charge >= 0.3 is 0 Å². The van der Waals surface area contributed by atoms with Gasteiger partial charge in [0, 0.05) is 41.9 Å². The van der Waals surface area contributed by atoms with Crippen LogP contribution in [0, 0.1) is 12.7 Å². The average Bonchev–Trinajstić information content (AvgIpc) is 3.09. The first-order chi connectivity index (χ1) is 12.6. The minimum absolute atomic E-state index is 0.158. The summed E-state index contributed by atoms with van der Waals surface area (Å²) in [7, 11) is 0. The van der Waals surface area contributed by atoms with Crippen LogP contribution in [0.1, 0.15) is 27.2 Å². The fourth-order valence-electron chi connectivity index (χ4n) is 3.29. The number of hydrogen-bond acceptors (Lipinski definition) is 4. The molecule has 0 spiro atoms. The van der Waals surface area contributed by atoms with Crippen molar-refractivity contribution in [1.29, 1.82) is 0 Å². The van der Waals surface area contributed by atoms with Gasteiger partial charge in [-0.05, 0) is 37.1 Å². The summed E-state index contributed by atoms with van der Waals surface area (Å²) in [5.74, 6) is -0.517. The van der Waals surface area contributed by atoms with Crippen molar-refractivity contribution >= 4 is 5.91 Å². The van der Waals surface area contributed by atoms with Gasteiger partial charge in [-0.2, -0.15) is 0 Å². The molecule has 1 aliphatic heterocycles. The topological polar surface area (TPSA) is 59.2 Å². The summed E-state index contributed by atoms with van der Waals surface area (Å²) in [6.45, 7) is 2.77. The lowest BCUT2D eigenvalue weighted by molar-refractivity contribution is 0.0762. The number of rotatable bonds is 2. The molecular weight excluding hydrogens is 333 g/mol. The zero-order valence-electron chi connectivity index (χ0n) is 14.4. The number of halogens is 1. The molecule has 0 saturated heterocycles. The van der Waals surface area contributed by atoms with E-state index in [0.717, 1.165) is 22.5 Å². The van der Waals surface area contributed by atoms with Crippen molar-refractivity contribution in [2.45, 2.75) is 19.8 Å². The van der Waals surface area contributed by atoms with E-state index < -0.39 is 0 Å². The molecule has 1 aliphatic rings. The summed E-state index contributed by atoms with van der Waals surface area (Å²) < 4.78 is 19.0. The molecule has 1 aromatic carbocycles. The third-order valence-corrected chi connectivity index (χ3v) is 4.79. The van der Waals surface area contributed by atoms with Crippen LogP contribution in [0.5, 0.6) is 0 Å². The number of fused-ring (bicyclic) bond motifs is 1. The van der Waals surface area contributed by atoms with Gasteiger partial charge in [0.25, 0.3) is 5.91 Å². The number of benzene rings is 1. The Balaban J connectivity index is 1.59. The first-order valence-corrected chi connectivity index (χ1v) is 8.54. The Morgan fingerprint density at radius 2 is 2.04 bits per heavy atom. The van der Waals surface area contributed by atoms with Crippen LogP contribution in [0.25, 0.3) is 11.3 Å². The third-order valence-electron chi connectivity index (χ3n) is 4.79. The van der Waals surface area contributed by atoms with Gasteiger partial charge < -0.3 is 9.32 Å². The summed E-state index contributed by atoms with van der Waals surface area (Å²) in [5.41, 5.74) is 4.65. The van der Waals surface area contributed by atoms with Crippen molar-refractivity contribution in [3.05, 3.63) is 71.3 Å². The van der Waals surface area contributed by atoms with Crippen molar-refractivity contribution in [3.63, 3.8) is 0 Å². The zero-order valence-corrected chi connectivity index (χ0v) is 14.4. The van der Waals surface area contributed by atoms with E-state index in [1.165, 1.54) is 6.07 Å². The fraction of sp³-hybridized carbons (Fsp3) is 0.250. The molecule has 6 heteroatoms. The molecule has 132 valence electrons. The highest BCUT2D eigenvalue weighted by atomic mass is 19.1. The molecule has 26 heavy (non-hydrogen) atoms. The Kier molecular flexibility index (Phi) is 4.24. The van der Waals surface area contributed by atoms with Crippen LogP contribution in [0.3, 0.4) is 0 Å². The van der Waals surface area contributed by atoms with Gasteiger partial charge in [0.2, 0.25) is 0 Å². The molecule has 0 fully saturated rings. The predicted octanol–water partition coefficient (Wildman–Crippen LogP) is 3.43. The first-order valence-electron chi connectivity index (χ1n) is 8.54. The van der Waals surface area contributed by atoms with Crippen molar-refractivity contribution in [1.82, 2.24) is 14.9 Å². The van der Waals surface area contributed by atoms with Gasteiger partial charge in [0.15, 0.2) is 0 Å². The highest BCUT2D eigenvalue weighted by Gasteiger charge is 2.23. The third kappa shape index (κ3) is 2.98. The average molecular weight is 351 g/mol.